The third kappa shape index (κ3) is 4.30. The van der Waals surface area contributed by atoms with Crippen LogP contribution in [0.4, 0.5) is 5.69 Å². The summed E-state index contributed by atoms with van der Waals surface area (Å²) in [6, 6.07) is 16.0. The van der Waals surface area contributed by atoms with Crippen molar-refractivity contribution in [1.29, 1.82) is 0 Å². The van der Waals surface area contributed by atoms with Crippen LogP contribution in [0.25, 0.3) is 11.8 Å². The first kappa shape index (κ1) is 21.0. The number of hydrogen-bond donors (Lipinski definition) is 1. The number of amidine groups is 1. The Labute approximate surface area is 186 Å². The summed E-state index contributed by atoms with van der Waals surface area (Å²) in [7, 11) is 1.63. The largest absolute Gasteiger partial charge is 0.497 e. The molecule has 1 fully saturated rings. The Morgan fingerprint density at radius 3 is 2.45 bits per heavy atom. The van der Waals surface area contributed by atoms with E-state index in [-0.39, 0.29) is 5.91 Å². The fourth-order valence-corrected chi connectivity index (χ4v) is 4.59. The first-order valence-corrected chi connectivity index (χ1v) is 10.9. The van der Waals surface area contributed by atoms with Crippen molar-refractivity contribution < 1.29 is 9.53 Å². The van der Waals surface area contributed by atoms with Crippen LogP contribution in [0.2, 0.25) is 0 Å². The quantitative estimate of drug-likeness (QED) is 0.546. The maximum absolute atomic E-state index is 12.5. The zero-order valence-electron chi connectivity index (χ0n) is 18.3. The number of carbonyl (C=O) groups excluding carboxylic acids is 1. The summed E-state index contributed by atoms with van der Waals surface area (Å²) >= 11 is 1.35. The van der Waals surface area contributed by atoms with E-state index in [2.05, 4.69) is 66.8 Å². The van der Waals surface area contributed by atoms with Crippen LogP contribution in [0, 0.1) is 27.7 Å². The molecule has 158 valence electrons. The average molecular weight is 432 g/mol. The lowest BCUT2D eigenvalue weighted by atomic mass is 10.1. The number of nitrogens with one attached hydrogen (secondary N) is 1. The lowest BCUT2D eigenvalue weighted by molar-refractivity contribution is -0.115. The zero-order valence-corrected chi connectivity index (χ0v) is 19.1. The molecule has 0 bridgehead atoms. The van der Waals surface area contributed by atoms with Crippen LogP contribution in [-0.2, 0) is 4.79 Å². The van der Waals surface area contributed by atoms with Gasteiger partial charge in [0.2, 0.25) is 0 Å². The van der Waals surface area contributed by atoms with Gasteiger partial charge in [0.15, 0.2) is 5.17 Å². The maximum Gasteiger partial charge on any atom is 0.264 e. The van der Waals surface area contributed by atoms with Gasteiger partial charge in [0.25, 0.3) is 5.91 Å². The molecule has 1 aromatic heterocycles. The number of thioether (sulfide) groups is 1. The molecule has 0 atom stereocenters. The molecular weight excluding hydrogens is 406 g/mol. The molecule has 0 spiro atoms. The molecule has 1 N–H and O–H groups in total. The number of rotatable bonds is 4. The third-order valence-electron chi connectivity index (χ3n) is 5.30. The highest BCUT2D eigenvalue weighted by molar-refractivity contribution is 8.18. The highest BCUT2D eigenvalue weighted by atomic mass is 32.2. The predicted molar refractivity (Wildman–Crippen MR) is 129 cm³/mol. The first-order valence-electron chi connectivity index (χ1n) is 10.1. The summed E-state index contributed by atoms with van der Waals surface area (Å²) in [5, 5.41) is 3.43. The Kier molecular flexibility index (Phi) is 5.74. The zero-order chi connectivity index (χ0) is 22.1. The van der Waals surface area contributed by atoms with Gasteiger partial charge >= 0.3 is 0 Å². The van der Waals surface area contributed by atoms with Gasteiger partial charge in [-0.2, -0.15) is 0 Å². The van der Waals surface area contributed by atoms with E-state index < -0.39 is 0 Å². The minimum Gasteiger partial charge on any atom is -0.497 e. The lowest BCUT2D eigenvalue weighted by Crippen LogP contribution is -2.19. The summed E-state index contributed by atoms with van der Waals surface area (Å²) in [6.07, 6.45) is 1.94. The molecule has 1 aliphatic heterocycles. The first-order chi connectivity index (χ1) is 14.9. The number of carbonyl (C=O) groups is 1. The van der Waals surface area contributed by atoms with Gasteiger partial charge in [-0.25, -0.2) is 4.99 Å². The minimum absolute atomic E-state index is 0.131. The van der Waals surface area contributed by atoms with Crippen molar-refractivity contribution in [2.24, 2.45) is 4.99 Å². The standard InChI is InChI=1S/C25H25N3O2S/c1-15-6-11-22(16(2)12-15)28-17(3)13-19(18(28)4)14-23-24(29)27-25(31-23)26-20-7-9-21(30-5)10-8-20/h6-14H,1-5H3,(H,26,27,29)/b23-14+. The molecule has 0 aliphatic carbocycles. The van der Waals surface area contributed by atoms with Gasteiger partial charge in [0.05, 0.1) is 17.7 Å². The number of benzene rings is 2. The van der Waals surface area contributed by atoms with E-state index in [0.717, 1.165) is 34.1 Å². The van der Waals surface area contributed by atoms with E-state index in [9.17, 15) is 4.79 Å². The number of methoxy groups -OCH3 is 1. The van der Waals surface area contributed by atoms with Crippen molar-refractivity contribution in [3.63, 3.8) is 0 Å². The molecule has 6 heteroatoms. The van der Waals surface area contributed by atoms with E-state index in [0.29, 0.717) is 10.1 Å². The lowest BCUT2D eigenvalue weighted by Gasteiger charge is -2.13. The van der Waals surface area contributed by atoms with Gasteiger partial charge in [-0.05, 0) is 93.1 Å². The fourth-order valence-electron chi connectivity index (χ4n) is 3.76. The highest BCUT2D eigenvalue weighted by Gasteiger charge is 2.24. The minimum atomic E-state index is -0.131. The monoisotopic (exact) mass is 431 g/mol. The van der Waals surface area contributed by atoms with Crippen LogP contribution in [0.5, 0.6) is 5.75 Å². The van der Waals surface area contributed by atoms with Gasteiger partial charge in [-0.1, -0.05) is 17.7 Å². The summed E-state index contributed by atoms with van der Waals surface area (Å²) < 4.78 is 7.41. The van der Waals surface area contributed by atoms with Gasteiger partial charge in [-0.3, -0.25) is 4.79 Å². The van der Waals surface area contributed by atoms with E-state index in [1.807, 2.05) is 30.3 Å². The SMILES string of the molecule is COc1ccc(N=C2NC(=O)/C(=C\c3cc(C)n(-c4ccc(C)cc4C)c3C)S2)cc1. The smallest absolute Gasteiger partial charge is 0.264 e. The fraction of sp³-hybridized carbons (Fsp3) is 0.200. The van der Waals surface area contributed by atoms with Gasteiger partial charge in [-0.15, -0.1) is 0 Å². The summed E-state index contributed by atoms with van der Waals surface area (Å²) in [4.78, 5) is 17.7. The van der Waals surface area contributed by atoms with Gasteiger partial charge < -0.3 is 14.6 Å². The Morgan fingerprint density at radius 2 is 1.77 bits per heavy atom. The van der Waals surface area contributed by atoms with Crippen molar-refractivity contribution in [2.45, 2.75) is 27.7 Å². The molecule has 1 aliphatic rings. The highest BCUT2D eigenvalue weighted by Crippen LogP contribution is 2.31. The number of ether oxygens (including phenoxy) is 1. The molecule has 2 aromatic carbocycles. The normalized spacial score (nSPS) is 16.2. The van der Waals surface area contributed by atoms with Crippen LogP contribution < -0.4 is 10.1 Å². The molecule has 2 heterocycles. The van der Waals surface area contributed by atoms with Crippen LogP contribution in [-0.4, -0.2) is 22.8 Å². The Morgan fingerprint density at radius 1 is 1.03 bits per heavy atom. The molecule has 1 amide bonds. The molecular formula is C25H25N3O2S. The van der Waals surface area contributed by atoms with Crippen LogP contribution >= 0.6 is 11.8 Å². The van der Waals surface area contributed by atoms with Crippen LogP contribution in [0.1, 0.15) is 28.1 Å². The number of amides is 1. The number of aromatic nitrogens is 1. The van der Waals surface area contributed by atoms with Crippen molar-refractivity contribution >= 4 is 34.6 Å². The third-order valence-corrected chi connectivity index (χ3v) is 6.21. The molecule has 1 saturated heterocycles. The van der Waals surface area contributed by atoms with Crippen LogP contribution in [0.3, 0.4) is 0 Å². The Hall–Kier alpha value is -3.25. The topological polar surface area (TPSA) is 55.6 Å². The molecule has 5 nitrogen and oxygen atoms in total. The second-order valence-corrected chi connectivity index (χ2v) is 8.66. The summed E-state index contributed by atoms with van der Waals surface area (Å²) in [6.45, 7) is 8.40. The van der Waals surface area contributed by atoms with Crippen molar-refractivity contribution in [2.75, 3.05) is 7.11 Å². The van der Waals surface area contributed by atoms with Crippen molar-refractivity contribution in [1.82, 2.24) is 9.88 Å². The van der Waals surface area contributed by atoms with E-state index in [4.69, 9.17) is 4.74 Å². The van der Waals surface area contributed by atoms with Gasteiger partial charge in [0, 0.05) is 17.1 Å². The van der Waals surface area contributed by atoms with Crippen molar-refractivity contribution in [3.8, 4) is 11.4 Å². The predicted octanol–water partition coefficient (Wildman–Crippen LogP) is 5.61. The summed E-state index contributed by atoms with van der Waals surface area (Å²) in [5.74, 6) is 0.639. The molecule has 0 saturated carbocycles. The van der Waals surface area contributed by atoms with Gasteiger partial charge in [0.1, 0.15) is 5.75 Å². The number of hydrogen-bond acceptors (Lipinski definition) is 4. The Bertz CT molecular complexity index is 1220. The molecule has 0 radical (unpaired) electrons. The average Bonchev–Trinajstić information content (AvgIpc) is 3.21. The summed E-state index contributed by atoms with van der Waals surface area (Å²) in [5.41, 5.74) is 7.66. The van der Waals surface area contributed by atoms with E-state index >= 15 is 0 Å². The molecule has 0 unspecified atom stereocenters. The molecule has 3 aromatic rings. The molecule has 31 heavy (non-hydrogen) atoms. The second-order valence-electron chi connectivity index (χ2n) is 7.63. The van der Waals surface area contributed by atoms with Crippen LogP contribution in [0.15, 0.2) is 58.4 Å². The Balaban J connectivity index is 1.63. The molecule has 4 rings (SSSR count). The second kappa shape index (κ2) is 8.47. The maximum atomic E-state index is 12.5. The number of nitrogens with zero attached hydrogens (tertiary/aromatic N) is 2. The van der Waals surface area contributed by atoms with Crippen molar-refractivity contribution in [3.05, 3.63) is 81.5 Å². The number of aliphatic imine (C=N–C) groups is 1. The van der Waals surface area contributed by atoms with E-state index in [1.165, 1.54) is 22.9 Å². The van der Waals surface area contributed by atoms with E-state index in [1.54, 1.807) is 7.11 Å². The number of aryl methyl sites for hydroxylation is 3.